The van der Waals surface area contributed by atoms with Gasteiger partial charge in [-0.25, -0.2) is 0 Å². The Labute approximate surface area is 126 Å². The van der Waals surface area contributed by atoms with Crippen molar-refractivity contribution in [2.75, 3.05) is 20.3 Å². The molecule has 1 N–H and O–H groups in total. The second kappa shape index (κ2) is 7.64. The lowest BCUT2D eigenvalue weighted by atomic mass is 10.0. The number of hydrogen-bond donors (Lipinski definition) is 1. The molecule has 0 amide bonds. The van der Waals surface area contributed by atoms with Crippen molar-refractivity contribution < 1.29 is 9.47 Å². The van der Waals surface area contributed by atoms with Gasteiger partial charge in [-0.3, -0.25) is 4.98 Å². The number of benzene rings is 1. The van der Waals surface area contributed by atoms with E-state index in [1.807, 2.05) is 31.2 Å². The third-order valence-electron chi connectivity index (χ3n) is 3.23. The minimum Gasteiger partial charge on any atom is -0.495 e. The lowest BCUT2D eigenvalue weighted by molar-refractivity contribution is 0.340. The fourth-order valence-corrected chi connectivity index (χ4v) is 2.29. The van der Waals surface area contributed by atoms with Crippen LogP contribution in [0.1, 0.15) is 31.1 Å². The van der Waals surface area contributed by atoms with Gasteiger partial charge in [0.2, 0.25) is 0 Å². The molecule has 0 radical (unpaired) electrons. The van der Waals surface area contributed by atoms with Crippen LogP contribution in [-0.2, 0) is 0 Å². The molecule has 0 spiro atoms. The van der Waals surface area contributed by atoms with Crippen LogP contribution in [0.15, 0.2) is 42.6 Å². The van der Waals surface area contributed by atoms with Gasteiger partial charge >= 0.3 is 0 Å². The molecule has 4 nitrogen and oxygen atoms in total. The second-order valence-electron chi connectivity index (χ2n) is 4.58. The van der Waals surface area contributed by atoms with E-state index in [1.54, 1.807) is 13.3 Å². The standard InChI is InChI=1S/C17H22N2O2/c1-4-18-16(17-15(20-3)7-6-12-19-17)13-8-10-14(11-9-13)21-5-2/h6-12,16,18H,4-5H2,1-3H3. The smallest absolute Gasteiger partial charge is 0.142 e. The van der Waals surface area contributed by atoms with Gasteiger partial charge in [0.25, 0.3) is 0 Å². The third-order valence-corrected chi connectivity index (χ3v) is 3.23. The topological polar surface area (TPSA) is 43.4 Å². The number of nitrogens with one attached hydrogen (secondary N) is 1. The van der Waals surface area contributed by atoms with E-state index in [9.17, 15) is 0 Å². The van der Waals surface area contributed by atoms with Crippen molar-refractivity contribution in [3.05, 3.63) is 53.9 Å². The molecule has 21 heavy (non-hydrogen) atoms. The highest BCUT2D eigenvalue weighted by Gasteiger charge is 2.18. The van der Waals surface area contributed by atoms with Crippen LogP contribution < -0.4 is 14.8 Å². The summed E-state index contributed by atoms with van der Waals surface area (Å²) in [5, 5.41) is 3.46. The molecule has 0 aliphatic heterocycles. The van der Waals surface area contributed by atoms with E-state index in [-0.39, 0.29) is 6.04 Å². The summed E-state index contributed by atoms with van der Waals surface area (Å²) in [7, 11) is 1.67. The molecular weight excluding hydrogens is 264 g/mol. The van der Waals surface area contributed by atoms with Crippen LogP contribution in [0, 0.1) is 0 Å². The molecule has 1 atom stereocenters. The van der Waals surface area contributed by atoms with E-state index < -0.39 is 0 Å². The Hall–Kier alpha value is -2.07. The summed E-state index contributed by atoms with van der Waals surface area (Å²) >= 11 is 0. The molecule has 0 bridgehead atoms. The van der Waals surface area contributed by atoms with E-state index in [4.69, 9.17) is 9.47 Å². The molecule has 0 saturated heterocycles. The summed E-state index contributed by atoms with van der Waals surface area (Å²) in [6.07, 6.45) is 1.79. The zero-order valence-corrected chi connectivity index (χ0v) is 12.8. The van der Waals surface area contributed by atoms with E-state index in [2.05, 4.69) is 29.4 Å². The molecule has 2 aromatic rings. The van der Waals surface area contributed by atoms with Crippen LogP contribution in [-0.4, -0.2) is 25.2 Å². The Morgan fingerprint density at radius 3 is 2.52 bits per heavy atom. The van der Waals surface area contributed by atoms with Gasteiger partial charge in [-0.15, -0.1) is 0 Å². The van der Waals surface area contributed by atoms with E-state index in [1.165, 1.54) is 0 Å². The SMILES string of the molecule is CCNC(c1ccc(OCC)cc1)c1ncccc1OC. The highest BCUT2D eigenvalue weighted by molar-refractivity contribution is 5.38. The number of ether oxygens (including phenoxy) is 2. The fraction of sp³-hybridized carbons (Fsp3) is 0.353. The number of nitrogens with zero attached hydrogens (tertiary/aromatic N) is 1. The normalized spacial score (nSPS) is 12.0. The van der Waals surface area contributed by atoms with Gasteiger partial charge in [0.05, 0.1) is 19.8 Å². The Balaban J connectivity index is 2.33. The van der Waals surface area contributed by atoms with Crippen molar-refractivity contribution in [3.63, 3.8) is 0 Å². The quantitative estimate of drug-likeness (QED) is 0.849. The predicted molar refractivity (Wildman–Crippen MR) is 83.9 cm³/mol. The van der Waals surface area contributed by atoms with Crippen molar-refractivity contribution >= 4 is 0 Å². The second-order valence-corrected chi connectivity index (χ2v) is 4.58. The first-order valence-corrected chi connectivity index (χ1v) is 7.25. The Bertz CT molecular complexity index is 555. The minimum absolute atomic E-state index is 0.00169. The summed E-state index contributed by atoms with van der Waals surface area (Å²) in [6, 6.07) is 11.9. The highest BCUT2D eigenvalue weighted by atomic mass is 16.5. The van der Waals surface area contributed by atoms with Crippen LogP contribution in [0.5, 0.6) is 11.5 Å². The van der Waals surface area contributed by atoms with Gasteiger partial charge in [-0.05, 0) is 43.3 Å². The van der Waals surface area contributed by atoms with E-state index in [0.717, 1.165) is 29.3 Å². The zero-order valence-electron chi connectivity index (χ0n) is 12.8. The molecular formula is C17H22N2O2. The summed E-state index contributed by atoms with van der Waals surface area (Å²) in [6.45, 7) is 5.58. The fourth-order valence-electron chi connectivity index (χ4n) is 2.29. The van der Waals surface area contributed by atoms with Gasteiger partial charge in [0.1, 0.15) is 17.2 Å². The molecule has 1 unspecified atom stereocenters. The van der Waals surface area contributed by atoms with Crippen molar-refractivity contribution in [2.24, 2.45) is 0 Å². The number of rotatable bonds is 7. The van der Waals surface area contributed by atoms with Crippen molar-refractivity contribution in [3.8, 4) is 11.5 Å². The van der Waals surface area contributed by atoms with Gasteiger partial charge < -0.3 is 14.8 Å². The molecule has 0 saturated carbocycles. The van der Waals surface area contributed by atoms with Crippen LogP contribution in [0.2, 0.25) is 0 Å². The number of pyridine rings is 1. The average molecular weight is 286 g/mol. The molecule has 1 aromatic carbocycles. The number of aromatic nitrogens is 1. The average Bonchev–Trinajstić information content (AvgIpc) is 2.54. The Morgan fingerprint density at radius 1 is 1.14 bits per heavy atom. The maximum atomic E-state index is 5.49. The molecule has 1 heterocycles. The predicted octanol–water partition coefficient (Wildman–Crippen LogP) is 3.19. The maximum Gasteiger partial charge on any atom is 0.142 e. The van der Waals surface area contributed by atoms with Crippen molar-refractivity contribution in [2.45, 2.75) is 19.9 Å². The van der Waals surface area contributed by atoms with Crippen molar-refractivity contribution in [1.29, 1.82) is 0 Å². The van der Waals surface area contributed by atoms with Crippen LogP contribution in [0.3, 0.4) is 0 Å². The lowest BCUT2D eigenvalue weighted by Gasteiger charge is -2.20. The highest BCUT2D eigenvalue weighted by Crippen LogP contribution is 2.28. The molecule has 112 valence electrons. The molecule has 4 heteroatoms. The zero-order chi connectivity index (χ0) is 15.1. The first-order valence-electron chi connectivity index (χ1n) is 7.25. The van der Waals surface area contributed by atoms with Crippen LogP contribution in [0.25, 0.3) is 0 Å². The minimum atomic E-state index is 0.00169. The van der Waals surface area contributed by atoms with Crippen LogP contribution in [0.4, 0.5) is 0 Å². The van der Waals surface area contributed by atoms with Gasteiger partial charge in [-0.2, -0.15) is 0 Å². The summed E-state index contributed by atoms with van der Waals surface area (Å²) < 4.78 is 10.9. The number of methoxy groups -OCH3 is 1. The first kappa shape index (κ1) is 15.3. The Morgan fingerprint density at radius 2 is 1.90 bits per heavy atom. The monoisotopic (exact) mass is 286 g/mol. The Kier molecular flexibility index (Phi) is 5.58. The number of hydrogen-bond acceptors (Lipinski definition) is 4. The maximum absolute atomic E-state index is 5.49. The summed E-state index contributed by atoms with van der Waals surface area (Å²) in [5.41, 5.74) is 2.03. The van der Waals surface area contributed by atoms with Crippen molar-refractivity contribution in [1.82, 2.24) is 10.3 Å². The van der Waals surface area contributed by atoms with Gasteiger partial charge in [0, 0.05) is 6.20 Å². The first-order chi connectivity index (χ1) is 10.3. The third kappa shape index (κ3) is 3.73. The largest absolute Gasteiger partial charge is 0.495 e. The van der Waals surface area contributed by atoms with Gasteiger partial charge in [-0.1, -0.05) is 19.1 Å². The molecule has 0 aliphatic carbocycles. The summed E-state index contributed by atoms with van der Waals surface area (Å²) in [5.74, 6) is 1.67. The van der Waals surface area contributed by atoms with Crippen LogP contribution >= 0.6 is 0 Å². The molecule has 1 aromatic heterocycles. The van der Waals surface area contributed by atoms with Gasteiger partial charge in [0.15, 0.2) is 0 Å². The molecule has 0 fully saturated rings. The van der Waals surface area contributed by atoms with E-state index in [0.29, 0.717) is 6.61 Å². The molecule has 2 rings (SSSR count). The molecule has 0 aliphatic rings. The summed E-state index contributed by atoms with van der Waals surface area (Å²) in [4.78, 5) is 4.48. The van der Waals surface area contributed by atoms with E-state index >= 15 is 0 Å². The lowest BCUT2D eigenvalue weighted by Crippen LogP contribution is -2.23.